The molecule has 2 aromatic rings. The first-order chi connectivity index (χ1) is 13.5. The summed E-state index contributed by atoms with van der Waals surface area (Å²) in [6.45, 7) is 9.81. The van der Waals surface area contributed by atoms with E-state index in [0.717, 1.165) is 63.5 Å². The maximum absolute atomic E-state index is 13.1. The molecule has 0 radical (unpaired) electrons. The molecule has 28 heavy (non-hydrogen) atoms. The highest BCUT2D eigenvalue weighted by atomic mass is 16.2. The largest absolute Gasteiger partial charge is 0.369 e. The maximum Gasteiger partial charge on any atom is 0.274 e. The topological polar surface area (TPSA) is 57.5 Å². The van der Waals surface area contributed by atoms with E-state index in [0.29, 0.717) is 5.69 Å². The SMILES string of the molecule is CCn1ccc(C(=O)N2CCC[C@@H]2c2cc(N3CCN(C)CC3)cc(C)n2)n1. The third kappa shape index (κ3) is 3.76. The smallest absolute Gasteiger partial charge is 0.274 e. The van der Waals surface area contributed by atoms with Gasteiger partial charge in [0.15, 0.2) is 0 Å². The van der Waals surface area contributed by atoms with E-state index in [1.54, 1.807) is 4.68 Å². The number of hydrogen-bond donors (Lipinski definition) is 0. The first-order valence-electron chi connectivity index (χ1n) is 10.3. The first-order valence-corrected chi connectivity index (χ1v) is 10.3. The molecule has 0 saturated carbocycles. The van der Waals surface area contributed by atoms with Gasteiger partial charge in [0.25, 0.3) is 5.91 Å². The van der Waals surface area contributed by atoms with Crippen molar-refractivity contribution in [3.05, 3.63) is 41.5 Å². The predicted molar refractivity (Wildman–Crippen MR) is 110 cm³/mol. The highest BCUT2D eigenvalue weighted by Gasteiger charge is 2.33. The van der Waals surface area contributed by atoms with Crippen LogP contribution in [0.25, 0.3) is 0 Å². The van der Waals surface area contributed by atoms with Gasteiger partial charge in [-0.15, -0.1) is 0 Å². The molecule has 2 aliphatic rings. The summed E-state index contributed by atoms with van der Waals surface area (Å²) in [6.07, 6.45) is 3.83. The molecule has 0 bridgehead atoms. The number of rotatable bonds is 4. The lowest BCUT2D eigenvalue weighted by molar-refractivity contribution is 0.0726. The monoisotopic (exact) mass is 382 g/mol. The van der Waals surface area contributed by atoms with Crippen LogP contribution in [0.4, 0.5) is 5.69 Å². The van der Waals surface area contributed by atoms with Gasteiger partial charge in [-0.1, -0.05) is 0 Å². The lowest BCUT2D eigenvalue weighted by Gasteiger charge is -2.34. The molecule has 2 saturated heterocycles. The Balaban J connectivity index is 1.57. The molecule has 2 aromatic heterocycles. The van der Waals surface area contributed by atoms with Gasteiger partial charge in [0.05, 0.1) is 11.7 Å². The first kappa shape index (κ1) is 18.9. The van der Waals surface area contributed by atoms with Gasteiger partial charge in [0, 0.05) is 56.8 Å². The maximum atomic E-state index is 13.1. The summed E-state index contributed by atoms with van der Waals surface area (Å²) in [5, 5.41) is 4.41. The van der Waals surface area contributed by atoms with E-state index in [1.807, 2.05) is 31.0 Å². The van der Waals surface area contributed by atoms with Crippen molar-refractivity contribution in [3.63, 3.8) is 0 Å². The number of likely N-dealkylation sites (tertiary alicyclic amines) is 1. The Morgan fingerprint density at radius 2 is 1.96 bits per heavy atom. The van der Waals surface area contributed by atoms with Crippen molar-refractivity contribution in [1.29, 1.82) is 0 Å². The fourth-order valence-electron chi connectivity index (χ4n) is 4.21. The van der Waals surface area contributed by atoms with Crippen molar-refractivity contribution >= 4 is 11.6 Å². The minimum Gasteiger partial charge on any atom is -0.369 e. The molecule has 150 valence electrons. The van der Waals surface area contributed by atoms with Gasteiger partial charge in [0.2, 0.25) is 0 Å². The quantitative estimate of drug-likeness (QED) is 0.812. The van der Waals surface area contributed by atoms with Gasteiger partial charge >= 0.3 is 0 Å². The zero-order valence-corrected chi connectivity index (χ0v) is 17.1. The molecule has 1 atom stereocenters. The van der Waals surface area contributed by atoms with Crippen LogP contribution in [0.3, 0.4) is 0 Å². The Labute approximate surface area is 166 Å². The van der Waals surface area contributed by atoms with Crippen LogP contribution in [0.15, 0.2) is 24.4 Å². The minimum atomic E-state index is 0.0131. The fraction of sp³-hybridized carbons (Fsp3) is 0.571. The number of likely N-dealkylation sites (N-methyl/N-ethyl adjacent to an activating group) is 1. The number of nitrogens with zero attached hydrogens (tertiary/aromatic N) is 6. The molecule has 4 rings (SSSR count). The van der Waals surface area contributed by atoms with Gasteiger partial charge in [-0.05, 0) is 51.9 Å². The van der Waals surface area contributed by atoms with Crippen LogP contribution in [0.5, 0.6) is 0 Å². The molecule has 1 amide bonds. The van der Waals surface area contributed by atoms with Crippen LogP contribution >= 0.6 is 0 Å². The Hall–Kier alpha value is -2.41. The van der Waals surface area contributed by atoms with E-state index in [9.17, 15) is 4.79 Å². The molecule has 0 aromatic carbocycles. The number of anilines is 1. The second kappa shape index (κ2) is 7.91. The Kier molecular flexibility index (Phi) is 5.35. The average molecular weight is 383 g/mol. The molecule has 0 unspecified atom stereocenters. The predicted octanol–water partition coefficient (Wildman–Crippen LogP) is 2.34. The summed E-state index contributed by atoms with van der Waals surface area (Å²) >= 11 is 0. The number of aromatic nitrogens is 3. The zero-order chi connectivity index (χ0) is 19.7. The number of pyridine rings is 1. The molecule has 0 N–H and O–H groups in total. The minimum absolute atomic E-state index is 0.0131. The van der Waals surface area contributed by atoms with Crippen molar-refractivity contribution < 1.29 is 4.79 Å². The molecule has 7 heteroatoms. The third-order valence-electron chi connectivity index (χ3n) is 5.87. The van der Waals surface area contributed by atoms with Crippen LogP contribution < -0.4 is 4.90 Å². The number of aryl methyl sites for hydroxylation is 2. The summed E-state index contributed by atoms with van der Waals surface area (Å²) in [4.78, 5) is 24.6. The highest BCUT2D eigenvalue weighted by Crippen LogP contribution is 2.34. The summed E-state index contributed by atoms with van der Waals surface area (Å²) in [6, 6.07) is 6.21. The number of amides is 1. The Morgan fingerprint density at radius 1 is 1.18 bits per heavy atom. The normalized spacial score (nSPS) is 20.8. The van der Waals surface area contributed by atoms with E-state index >= 15 is 0 Å². The molecule has 0 aliphatic carbocycles. The molecule has 0 spiro atoms. The average Bonchev–Trinajstić information content (AvgIpc) is 3.37. The summed E-state index contributed by atoms with van der Waals surface area (Å²) in [5.41, 5.74) is 3.78. The van der Waals surface area contributed by atoms with Gasteiger partial charge in [-0.2, -0.15) is 5.10 Å². The molecular weight excluding hydrogens is 352 g/mol. The number of carbonyl (C=O) groups excluding carboxylic acids is 1. The van der Waals surface area contributed by atoms with E-state index < -0.39 is 0 Å². The van der Waals surface area contributed by atoms with E-state index in [4.69, 9.17) is 4.98 Å². The molecule has 4 heterocycles. The van der Waals surface area contributed by atoms with Crippen molar-refractivity contribution in [2.24, 2.45) is 0 Å². The second-order valence-electron chi connectivity index (χ2n) is 7.90. The van der Waals surface area contributed by atoms with Crippen molar-refractivity contribution in [1.82, 2.24) is 24.6 Å². The van der Waals surface area contributed by atoms with Gasteiger partial charge in [0.1, 0.15) is 5.69 Å². The number of piperazine rings is 1. The Bertz CT molecular complexity index is 839. The highest BCUT2D eigenvalue weighted by molar-refractivity contribution is 5.92. The van der Waals surface area contributed by atoms with Gasteiger partial charge < -0.3 is 14.7 Å². The number of hydrogen-bond acceptors (Lipinski definition) is 5. The van der Waals surface area contributed by atoms with Crippen molar-refractivity contribution in [2.75, 3.05) is 44.7 Å². The van der Waals surface area contributed by atoms with E-state index in [2.05, 4.69) is 34.1 Å². The van der Waals surface area contributed by atoms with Crippen LogP contribution in [0.2, 0.25) is 0 Å². The second-order valence-corrected chi connectivity index (χ2v) is 7.90. The molecule has 2 aliphatic heterocycles. The van der Waals surface area contributed by atoms with E-state index in [1.165, 1.54) is 5.69 Å². The lowest BCUT2D eigenvalue weighted by Crippen LogP contribution is -2.44. The van der Waals surface area contributed by atoms with Crippen LogP contribution in [-0.4, -0.2) is 70.2 Å². The summed E-state index contributed by atoms with van der Waals surface area (Å²) < 4.78 is 1.80. The van der Waals surface area contributed by atoms with Gasteiger partial charge in [-0.25, -0.2) is 0 Å². The molecule has 7 nitrogen and oxygen atoms in total. The van der Waals surface area contributed by atoms with Crippen molar-refractivity contribution in [3.8, 4) is 0 Å². The lowest BCUT2D eigenvalue weighted by atomic mass is 10.1. The van der Waals surface area contributed by atoms with Crippen LogP contribution in [-0.2, 0) is 6.54 Å². The summed E-state index contributed by atoms with van der Waals surface area (Å²) in [5.74, 6) is 0.0131. The number of carbonyl (C=O) groups is 1. The van der Waals surface area contributed by atoms with Crippen LogP contribution in [0.1, 0.15) is 47.7 Å². The third-order valence-corrected chi connectivity index (χ3v) is 5.87. The zero-order valence-electron chi connectivity index (χ0n) is 17.1. The van der Waals surface area contributed by atoms with Crippen molar-refractivity contribution in [2.45, 2.75) is 39.3 Å². The fourth-order valence-corrected chi connectivity index (χ4v) is 4.21. The molecular formula is C21H30N6O. The van der Waals surface area contributed by atoms with E-state index in [-0.39, 0.29) is 11.9 Å². The molecule has 2 fully saturated rings. The van der Waals surface area contributed by atoms with Crippen LogP contribution in [0, 0.1) is 6.92 Å². The standard InChI is InChI=1S/C21H30N6O/c1-4-26-9-7-18(23-26)21(28)27-8-5-6-20(27)19-15-17(14-16(2)22-19)25-12-10-24(3)11-13-25/h7,9,14-15,20H,4-6,8,10-13H2,1-3H3/t20-/m1/s1. The Morgan fingerprint density at radius 3 is 2.68 bits per heavy atom. The van der Waals surface area contributed by atoms with Gasteiger partial charge in [-0.3, -0.25) is 14.5 Å². The summed E-state index contributed by atoms with van der Waals surface area (Å²) in [7, 11) is 2.17.